The molecule has 9 heteroatoms. The molecule has 2 heterocycles. The molecule has 0 unspecified atom stereocenters. The first kappa shape index (κ1) is 18.6. The molecule has 0 aliphatic heterocycles. The van der Waals surface area contributed by atoms with E-state index in [4.69, 9.17) is 9.84 Å². The van der Waals surface area contributed by atoms with Gasteiger partial charge in [-0.2, -0.15) is 0 Å². The predicted molar refractivity (Wildman–Crippen MR) is 99.5 cm³/mol. The lowest BCUT2D eigenvalue weighted by molar-refractivity contribution is 0.198. The van der Waals surface area contributed by atoms with Gasteiger partial charge in [-0.3, -0.25) is 10.4 Å². The maximum atomic E-state index is 12.3. The van der Waals surface area contributed by atoms with Crippen molar-refractivity contribution in [3.05, 3.63) is 48.2 Å². The molecule has 27 heavy (non-hydrogen) atoms. The molecule has 0 aliphatic rings. The van der Waals surface area contributed by atoms with Crippen molar-refractivity contribution in [3.63, 3.8) is 0 Å². The van der Waals surface area contributed by atoms with Crippen LogP contribution in [-0.4, -0.2) is 51.2 Å². The first-order valence-corrected chi connectivity index (χ1v) is 8.52. The van der Waals surface area contributed by atoms with Crippen molar-refractivity contribution in [2.45, 2.75) is 12.5 Å². The first-order chi connectivity index (χ1) is 13.2. The zero-order chi connectivity index (χ0) is 19.1. The summed E-state index contributed by atoms with van der Waals surface area (Å²) in [6, 6.07) is 10.3. The summed E-state index contributed by atoms with van der Waals surface area (Å²) in [5, 5.41) is 31.1. The molecular weight excluding hydrogens is 350 g/mol. The average molecular weight is 371 g/mol. The van der Waals surface area contributed by atoms with Gasteiger partial charge in [0.1, 0.15) is 12.4 Å². The normalized spacial score (nSPS) is 11.9. The lowest BCUT2D eigenvalue weighted by Crippen LogP contribution is -2.33. The van der Waals surface area contributed by atoms with Crippen LogP contribution in [0, 0.1) is 0 Å². The van der Waals surface area contributed by atoms with Crippen LogP contribution in [0.1, 0.15) is 18.0 Å². The maximum Gasteiger partial charge on any atom is 0.320 e. The van der Waals surface area contributed by atoms with Crippen LogP contribution in [0.5, 0.6) is 5.88 Å². The Kier molecular flexibility index (Phi) is 6.18. The highest BCUT2D eigenvalue weighted by Gasteiger charge is 2.15. The minimum absolute atomic E-state index is 0.0468. The fourth-order valence-electron chi connectivity index (χ4n) is 2.66. The van der Waals surface area contributed by atoms with Gasteiger partial charge in [0.2, 0.25) is 5.88 Å². The zero-order valence-electron chi connectivity index (χ0n) is 14.6. The molecular formula is C18H21N5O4. The zero-order valence-corrected chi connectivity index (χ0v) is 14.6. The molecule has 2 amide bonds. The molecule has 3 aromatic rings. The van der Waals surface area contributed by atoms with Crippen LogP contribution in [0.3, 0.4) is 0 Å². The van der Waals surface area contributed by atoms with Crippen LogP contribution in [0.2, 0.25) is 0 Å². The topological polar surface area (TPSA) is 132 Å². The molecule has 1 aromatic carbocycles. The summed E-state index contributed by atoms with van der Waals surface area (Å²) in [6.45, 7) is -0.0269. The largest absolute Gasteiger partial charge is 0.474 e. The van der Waals surface area contributed by atoms with Crippen molar-refractivity contribution >= 4 is 22.8 Å². The summed E-state index contributed by atoms with van der Waals surface area (Å²) in [5.74, 6) is 0.683. The Morgan fingerprint density at radius 2 is 2.04 bits per heavy atom. The van der Waals surface area contributed by atoms with E-state index in [1.807, 2.05) is 30.3 Å². The molecule has 9 nitrogen and oxygen atoms in total. The van der Waals surface area contributed by atoms with Crippen molar-refractivity contribution in [1.82, 2.24) is 20.5 Å². The van der Waals surface area contributed by atoms with Crippen LogP contribution in [0.4, 0.5) is 10.6 Å². The van der Waals surface area contributed by atoms with Crippen molar-refractivity contribution in [1.29, 1.82) is 0 Å². The highest BCUT2D eigenvalue weighted by molar-refractivity contribution is 5.92. The van der Waals surface area contributed by atoms with Crippen LogP contribution < -0.4 is 15.4 Å². The first-order valence-electron chi connectivity index (χ1n) is 8.52. The van der Waals surface area contributed by atoms with Gasteiger partial charge in [0.05, 0.1) is 23.6 Å². The van der Waals surface area contributed by atoms with Gasteiger partial charge >= 0.3 is 6.03 Å². The number of urea groups is 1. The molecule has 0 saturated carbocycles. The number of nitrogens with zero attached hydrogens (tertiary/aromatic N) is 2. The van der Waals surface area contributed by atoms with Gasteiger partial charge < -0.3 is 20.3 Å². The van der Waals surface area contributed by atoms with Gasteiger partial charge in [-0.15, -0.1) is 5.10 Å². The summed E-state index contributed by atoms with van der Waals surface area (Å²) in [5.41, 5.74) is 1.55. The smallest absolute Gasteiger partial charge is 0.320 e. The highest BCUT2D eigenvalue weighted by atomic mass is 16.5. The molecule has 142 valence electrons. The number of aliphatic hydroxyl groups excluding tert-OH is 2. The van der Waals surface area contributed by atoms with Gasteiger partial charge in [-0.1, -0.05) is 30.3 Å². The predicted octanol–water partition coefficient (Wildman–Crippen LogP) is 1.57. The van der Waals surface area contributed by atoms with Gasteiger partial charge in [0.25, 0.3) is 0 Å². The number of benzene rings is 1. The fourth-order valence-corrected chi connectivity index (χ4v) is 2.66. The summed E-state index contributed by atoms with van der Waals surface area (Å²) in [4.78, 5) is 16.5. The Hall–Kier alpha value is -3.17. The number of aliphatic hydroxyl groups is 2. The molecule has 0 radical (unpaired) electrons. The molecule has 0 fully saturated rings. The standard InChI is InChI=1S/C18H21N5O4/c24-7-6-14(12-4-2-1-3-5-12)20-18(26)21-16-10-15-13(11-19-16)17(23-22-15)27-9-8-25/h1-5,10-11,14,24-25H,6-9H2,(H,22,23)(H2,19,20,21,26)/t14-/m1/s1. The number of H-pyrrole nitrogens is 1. The van der Waals surface area contributed by atoms with E-state index in [1.165, 1.54) is 6.20 Å². The third-order valence-corrected chi connectivity index (χ3v) is 3.91. The van der Waals surface area contributed by atoms with Gasteiger partial charge in [-0.05, 0) is 12.0 Å². The maximum absolute atomic E-state index is 12.3. The van der Waals surface area contributed by atoms with Crippen LogP contribution in [0.15, 0.2) is 42.6 Å². The molecule has 1 atom stereocenters. The third-order valence-electron chi connectivity index (χ3n) is 3.91. The SMILES string of the molecule is O=C(Nc1cc2[nH]nc(OCCO)c2cn1)N[C@H](CCO)c1ccccc1. The fraction of sp³-hybridized carbons (Fsp3) is 0.278. The second-order valence-corrected chi connectivity index (χ2v) is 5.79. The Morgan fingerprint density at radius 1 is 1.22 bits per heavy atom. The van der Waals surface area contributed by atoms with E-state index in [1.54, 1.807) is 6.07 Å². The van der Waals surface area contributed by atoms with Crippen molar-refractivity contribution in [3.8, 4) is 5.88 Å². The van der Waals surface area contributed by atoms with Crippen molar-refractivity contribution in [2.24, 2.45) is 0 Å². The Bertz CT molecular complexity index is 884. The molecule has 0 aliphatic carbocycles. The number of ether oxygens (including phenoxy) is 1. The lowest BCUT2D eigenvalue weighted by atomic mass is 10.0. The second kappa shape index (κ2) is 8.97. The highest BCUT2D eigenvalue weighted by Crippen LogP contribution is 2.23. The molecule has 0 saturated heterocycles. The Balaban J connectivity index is 1.67. The quantitative estimate of drug-likeness (QED) is 0.408. The number of hydrogen-bond acceptors (Lipinski definition) is 6. The van der Waals surface area contributed by atoms with E-state index < -0.39 is 6.03 Å². The number of nitrogens with one attached hydrogen (secondary N) is 3. The van der Waals surface area contributed by atoms with E-state index in [2.05, 4.69) is 25.8 Å². The van der Waals surface area contributed by atoms with E-state index in [0.717, 1.165) is 5.56 Å². The molecule has 5 N–H and O–H groups in total. The number of carbonyl (C=O) groups is 1. The molecule has 0 spiro atoms. The van der Waals surface area contributed by atoms with Crippen LogP contribution >= 0.6 is 0 Å². The second-order valence-electron chi connectivity index (χ2n) is 5.79. The van der Waals surface area contributed by atoms with E-state index in [-0.39, 0.29) is 25.9 Å². The Labute approximate surface area is 155 Å². The van der Waals surface area contributed by atoms with Gasteiger partial charge in [0, 0.05) is 18.9 Å². The Morgan fingerprint density at radius 3 is 2.78 bits per heavy atom. The van der Waals surface area contributed by atoms with Crippen molar-refractivity contribution < 1.29 is 19.7 Å². The molecule has 2 aromatic heterocycles. The summed E-state index contributed by atoms with van der Waals surface area (Å²) < 4.78 is 5.30. The minimum atomic E-state index is -0.430. The number of amides is 2. The van der Waals surface area contributed by atoms with Gasteiger partial charge in [0.15, 0.2) is 0 Å². The third kappa shape index (κ3) is 4.72. The molecule has 3 rings (SSSR count). The number of aromatic amines is 1. The van der Waals surface area contributed by atoms with E-state index >= 15 is 0 Å². The summed E-state index contributed by atoms with van der Waals surface area (Å²) in [7, 11) is 0. The average Bonchev–Trinajstić information content (AvgIpc) is 3.09. The summed E-state index contributed by atoms with van der Waals surface area (Å²) in [6.07, 6.45) is 1.93. The number of carbonyl (C=O) groups excluding carboxylic acids is 1. The number of aromatic nitrogens is 3. The molecule has 0 bridgehead atoms. The van der Waals surface area contributed by atoms with Gasteiger partial charge in [-0.25, -0.2) is 9.78 Å². The summed E-state index contributed by atoms with van der Waals surface area (Å²) >= 11 is 0. The number of anilines is 1. The minimum Gasteiger partial charge on any atom is -0.474 e. The monoisotopic (exact) mass is 371 g/mol. The van der Waals surface area contributed by atoms with E-state index in [9.17, 15) is 9.90 Å². The number of hydrogen-bond donors (Lipinski definition) is 5. The number of pyridine rings is 1. The number of fused-ring (bicyclic) bond motifs is 1. The van der Waals surface area contributed by atoms with Crippen molar-refractivity contribution in [2.75, 3.05) is 25.1 Å². The van der Waals surface area contributed by atoms with Crippen LogP contribution in [0.25, 0.3) is 10.9 Å². The van der Waals surface area contributed by atoms with Crippen LogP contribution in [-0.2, 0) is 0 Å². The van der Waals surface area contributed by atoms with E-state index in [0.29, 0.717) is 29.0 Å². The number of rotatable bonds is 8. The lowest BCUT2D eigenvalue weighted by Gasteiger charge is -2.18.